The van der Waals surface area contributed by atoms with E-state index in [1.165, 1.54) is 6.42 Å². The normalized spacial score (nSPS) is 26.2. The number of carbonyl (C=O) groups excluding carboxylic acids is 1. The van der Waals surface area contributed by atoms with Crippen LogP contribution in [0.1, 0.15) is 66.2 Å². The van der Waals surface area contributed by atoms with Gasteiger partial charge in [-0.2, -0.15) is 5.06 Å². The van der Waals surface area contributed by atoms with Crippen molar-refractivity contribution < 1.29 is 10.0 Å². The van der Waals surface area contributed by atoms with Gasteiger partial charge in [0.05, 0.1) is 4.75 Å². The molecule has 7 heteroatoms. The van der Waals surface area contributed by atoms with Crippen molar-refractivity contribution in [3.63, 3.8) is 0 Å². The van der Waals surface area contributed by atoms with E-state index in [0.717, 1.165) is 41.5 Å². The standard InChI is InChI=1S/C16H29N3O2S2/c1-5-11(2)18-13(16(3,4)23-15(18)22)19(21)14(20)17-12-9-7-6-8-10-12/h11-13,21H,5-10H2,1-4H3,(H,17,20)/t11-,13-/m1/s1. The molecule has 0 aromatic carbocycles. The molecule has 0 aromatic rings. The van der Waals surface area contributed by atoms with Crippen LogP contribution in [0.3, 0.4) is 0 Å². The molecule has 2 aliphatic rings. The van der Waals surface area contributed by atoms with Crippen LogP contribution in [0.15, 0.2) is 0 Å². The van der Waals surface area contributed by atoms with Gasteiger partial charge in [-0.05, 0) is 40.0 Å². The smallest absolute Gasteiger partial charge is 0.333 e. The second kappa shape index (κ2) is 7.57. The molecular formula is C16H29N3O2S2. The number of thioether (sulfide) groups is 1. The van der Waals surface area contributed by atoms with Crippen LogP contribution in [0.5, 0.6) is 0 Å². The van der Waals surface area contributed by atoms with E-state index < -0.39 is 12.2 Å². The monoisotopic (exact) mass is 359 g/mol. The third kappa shape index (κ3) is 4.12. The first-order chi connectivity index (χ1) is 10.8. The lowest BCUT2D eigenvalue weighted by Gasteiger charge is -2.40. The highest BCUT2D eigenvalue weighted by Gasteiger charge is 2.50. The van der Waals surface area contributed by atoms with Gasteiger partial charge in [0.1, 0.15) is 10.5 Å². The van der Waals surface area contributed by atoms with Crippen molar-refractivity contribution in [3.8, 4) is 0 Å². The van der Waals surface area contributed by atoms with Crippen molar-refractivity contribution in [2.24, 2.45) is 0 Å². The van der Waals surface area contributed by atoms with E-state index in [-0.39, 0.29) is 16.8 Å². The minimum absolute atomic E-state index is 0.173. The van der Waals surface area contributed by atoms with E-state index in [1.807, 2.05) is 18.7 Å². The van der Waals surface area contributed by atoms with Crippen LogP contribution in [0.25, 0.3) is 0 Å². The molecule has 5 nitrogen and oxygen atoms in total. The van der Waals surface area contributed by atoms with Gasteiger partial charge >= 0.3 is 6.03 Å². The van der Waals surface area contributed by atoms with Crippen molar-refractivity contribution >= 4 is 34.3 Å². The maximum atomic E-state index is 12.5. The van der Waals surface area contributed by atoms with Crippen LogP contribution < -0.4 is 5.32 Å². The molecule has 1 aliphatic carbocycles. The second-order valence-electron chi connectivity index (χ2n) is 7.14. The molecule has 2 fully saturated rings. The predicted octanol–water partition coefficient (Wildman–Crippen LogP) is 3.96. The minimum atomic E-state index is -0.446. The summed E-state index contributed by atoms with van der Waals surface area (Å²) in [5.41, 5.74) is 0. The van der Waals surface area contributed by atoms with E-state index in [4.69, 9.17) is 12.2 Å². The first-order valence-electron chi connectivity index (χ1n) is 8.57. The number of amides is 2. The lowest BCUT2D eigenvalue weighted by Crippen LogP contribution is -2.59. The lowest BCUT2D eigenvalue weighted by atomic mass is 9.96. The van der Waals surface area contributed by atoms with E-state index in [0.29, 0.717) is 0 Å². The average Bonchev–Trinajstić information content (AvgIpc) is 2.75. The number of hydroxylamine groups is 2. The Morgan fingerprint density at radius 3 is 2.65 bits per heavy atom. The molecule has 0 unspecified atom stereocenters. The number of thiocarbonyl (C=S) groups is 1. The number of nitrogens with one attached hydrogen (secondary N) is 1. The van der Waals surface area contributed by atoms with Crippen LogP contribution in [0, 0.1) is 0 Å². The van der Waals surface area contributed by atoms with Crippen LogP contribution in [-0.2, 0) is 0 Å². The fourth-order valence-electron chi connectivity index (χ4n) is 3.39. The average molecular weight is 360 g/mol. The van der Waals surface area contributed by atoms with Gasteiger partial charge in [-0.15, -0.1) is 0 Å². The Morgan fingerprint density at radius 2 is 2.09 bits per heavy atom. The summed E-state index contributed by atoms with van der Waals surface area (Å²) >= 11 is 7.05. The summed E-state index contributed by atoms with van der Waals surface area (Å²) in [6.07, 6.45) is 5.97. The van der Waals surface area contributed by atoms with Crippen molar-refractivity contribution in [2.45, 2.75) is 89.2 Å². The van der Waals surface area contributed by atoms with Crippen molar-refractivity contribution in [2.75, 3.05) is 0 Å². The summed E-state index contributed by atoms with van der Waals surface area (Å²) in [7, 11) is 0. The van der Waals surface area contributed by atoms with Gasteiger partial charge in [-0.25, -0.2) is 4.79 Å². The molecule has 2 N–H and O–H groups in total. The Hall–Kier alpha value is -0.530. The van der Waals surface area contributed by atoms with E-state index in [9.17, 15) is 10.0 Å². The van der Waals surface area contributed by atoms with Gasteiger partial charge in [-0.3, -0.25) is 5.21 Å². The number of hydrogen-bond acceptors (Lipinski definition) is 4. The molecule has 2 amide bonds. The summed E-state index contributed by atoms with van der Waals surface area (Å²) in [5, 5.41) is 14.5. The summed E-state index contributed by atoms with van der Waals surface area (Å²) < 4.78 is 0.401. The summed E-state index contributed by atoms with van der Waals surface area (Å²) in [5.74, 6) is 0. The first kappa shape index (κ1) is 18.8. The Balaban J connectivity index is 2.11. The molecular weight excluding hydrogens is 330 g/mol. The van der Waals surface area contributed by atoms with Gasteiger partial charge in [0, 0.05) is 12.1 Å². The highest BCUT2D eigenvalue weighted by atomic mass is 32.2. The third-order valence-electron chi connectivity index (χ3n) is 4.88. The summed E-state index contributed by atoms with van der Waals surface area (Å²) in [6.45, 7) is 8.21. The summed E-state index contributed by atoms with van der Waals surface area (Å²) in [6, 6.07) is -0.0560. The van der Waals surface area contributed by atoms with E-state index >= 15 is 0 Å². The quantitative estimate of drug-likeness (QED) is 0.452. The Bertz CT molecular complexity index is 453. The molecule has 0 spiro atoms. The molecule has 2 atom stereocenters. The van der Waals surface area contributed by atoms with Crippen molar-refractivity contribution in [1.82, 2.24) is 15.3 Å². The highest BCUT2D eigenvalue weighted by molar-refractivity contribution is 8.24. The Kier molecular flexibility index (Phi) is 6.19. The molecule has 1 heterocycles. The zero-order valence-corrected chi connectivity index (χ0v) is 16.2. The molecule has 23 heavy (non-hydrogen) atoms. The first-order valence-corrected chi connectivity index (χ1v) is 9.80. The molecule has 1 aliphatic heterocycles. The highest BCUT2D eigenvalue weighted by Crippen LogP contribution is 2.43. The number of nitrogens with zero attached hydrogens (tertiary/aromatic N) is 2. The number of urea groups is 1. The van der Waals surface area contributed by atoms with E-state index in [1.54, 1.807) is 11.8 Å². The minimum Gasteiger partial charge on any atom is -0.333 e. The van der Waals surface area contributed by atoms with Crippen LogP contribution >= 0.6 is 24.0 Å². The van der Waals surface area contributed by atoms with E-state index in [2.05, 4.69) is 19.2 Å². The van der Waals surface area contributed by atoms with Crippen molar-refractivity contribution in [1.29, 1.82) is 0 Å². The molecule has 0 bridgehead atoms. The topological polar surface area (TPSA) is 55.8 Å². The van der Waals surface area contributed by atoms with Gasteiger partial charge in [0.25, 0.3) is 0 Å². The molecule has 1 saturated carbocycles. The second-order valence-corrected chi connectivity index (χ2v) is 9.43. The molecule has 2 rings (SSSR count). The maximum Gasteiger partial charge on any atom is 0.343 e. The lowest BCUT2D eigenvalue weighted by molar-refractivity contribution is -0.125. The SMILES string of the molecule is CC[C@@H](C)N1C(=S)SC(C)(C)[C@H]1N(O)C(=O)NC1CCCCC1. The fraction of sp³-hybridized carbons (Fsp3) is 0.875. The molecule has 132 valence electrons. The van der Waals surface area contributed by atoms with Gasteiger partial charge in [0.15, 0.2) is 0 Å². The largest absolute Gasteiger partial charge is 0.343 e. The number of hydrogen-bond donors (Lipinski definition) is 2. The fourth-order valence-corrected chi connectivity index (χ4v) is 5.47. The van der Waals surface area contributed by atoms with Crippen LogP contribution in [-0.4, -0.2) is 48.5 Å². The summed E-state index contributed by atoms with van der Waals surface area (Å²) in [4.78, 5) is 14.5. The number of rotatable bonds is 4. The van der Waals surface area contributed by atoms with Crippen LogP contribution in [0.2, 0.25) is 0 Å². The predicted molar refractivity (Wildman–Crippen MR) is 98.7 cm³/mol. The molecule has 0 radical (unpaired) electrons. The van der Waals surface area contributed by atoms with Gasteiger partial charge in [0.2, 0.25) is 0 Å². The molecule has 0 aromatic heterocycles. The zero-order valence-electron chi connectivity index (χ0n) is 14.5. The third-order valence-corrected chi connectivity index (χ3v) is 6.47. The number of carbonyl (C=O) groups is 1. The Labute approximate surface area is 149 Å². The van der Waals surface area contributed by atoms with Crippen LogP contribution in [0.4, 0.5) is 4.79 Å². The van der Waals surface area contributed by atoms with Crippen molar-refractivity contribution in [3.05, 3.63) is 0 Å². The Morgan fingerprint density at radius 1 is 1.48 bits per heavy atom. The zero-order chi connectivity index (χ0) is 17.2. The van der Waals surface area contributed by atoms with Gasteiger partial charge < -0.3 is 10.2 Å². The van der Waals surface area contributed by atoms with Gasteiger partial charge in [-0.1, -0.05) is 50.2 Å². The maximum absolute atomic E-state index is 12.5. The molecule has 1 saturated heterocycles.